The molecule has 1 N–H and O–H groups in total. The highest BCUT2D eigenvalue weighted by Gasteiger charge is 2.25. The first-order valence-electron chi connectivity index (χ1n) is 7.23. The lowest BCUT2D eigenvalue weighted by molar-refractivity contribution is 0.118. The third-order valence-electron chi connectivity index (χ3n) is 3.92. The molecule has 0 heterocycles. The summed E-state index contributed by atoms with van der Waals surface area (Å²) in [6.07, 6.45) is 4.76. The largest absolute Gasteiger partial charge is 0.489 e. The van der Waals surface area contributed by atoms with E-state index in [2.05, 4.69) is 5.32 Å². The van der Waals surface area contributed by atoms with E-state index in [-0.39, 0.29) is 11.9 Å². The smallest absolute Gasteiger partial charge is 0.178 e. The van der Waals surface area contributed by atoms with Crippen LogP contribution in [-0.4, -0.2) is 33.4 Å². The summed E-state index contributed by atoms with van der Waals surface area (Å²) in [6, 6.07) is 7.15. The molecule has 0 saturated heterocycles. The van der Waals surface area contributed by atoms with Gasteiger partial charge in [0.1, 0.15) is 11.9 Å². The molecule has 2 unspecified atom stereocenters. The molecule has 1 aromatic rings. The van der Waals surface area contributed by atoms with Crippen LogP contribution in [-0.2, 0) is 9.84 Å². The molecule has 1 aliphatic rings. The Morgan fingerprint density at radius 3 is 2.45 bits per heavy atom. The summed E-state index contributed by atoms with van der Waals surface area (Å²) < 4.78 is 29.5. The number of hydrogen-bond acceptors (Lipinski definition) is 4. The van der Waals surface area contributed by atoms with E-state index in [1.54, 1.807) is 31.2 Å². The van der Waals surface area contributed by atoms with Gasteiger partial charge in [-0.3, -0.25) is 0 Å². The Morgan fingerprint density at radius 2 is 1.85 bits per heavy atom. The highest BCUT2D eigenvalue weighted by atomic mass is 32.2. The number of hydrogen-bond donors (Lipinski definition) is 1. The molecule has 0 aromatic heterocycles. The van der Waals surface area contributed by atoms with E-state index >= 15 is 0 Å². The maximum Gasteiger partial charge on any atom is 0.178 e. The van der Waals surface area contributed by atoms with Crippen LogP contribution in [0.5, 0.6) is 5.75 Å². The van der Waals surface area contributed by atoms with Crippen molar-refractivity contribution in [3.63, 3.8) is 0 Å². The van der Waals surface area contributed by atoms with Gasteiger partial charge >= 0.3 is 0 Å². The Morgan fingerprint density at radius 1 is 1.20 bits per heavy atom. The lowest BCUT2D eigenvalue weighted by Crippen LogP contribution is -2.43. The van der Waals surface area contributed by atoms with Gasteiger partial charge < -0.3 is 10.1 Å². The van der Waals surface area contributed by atoms with Crippen LogP contribution in [0.25, 0.3) is 0 Å². The Bertz CT molecular complexity index is 525. The number of sulfone groups is 1. The highest BCUT2D eigenvalue weighted by molar-refractivity contribution is 7.91. The van der Waals surface area contributed by atoms with E-state index in [0.29, 0.717) is 10.9 Å². The second-order valence-corrected chi connectivity index (χ2v) is 7.49. The summed E-state index contributed by atoms with van der Waals surface area (Å²) in [7, 11) is -1.17. The van der Waals surface area contributed by atoms with Crippen molar-refractivity contribution < 1.29 is 13.2 Å². The lowest BCUT2D eigenvalue weighted by Gasteiger charge is -2.31. The van der Waals surface area contributed by atoms with Crippen molar-refractivity contribution in [2.75, 3.05) is 12.8 Å². The zero-order valence-corrected chi connectivity index (χ0v) is 12.9. The molecular formula is C15H23NO3S. The fraction of sp³-hybridized carbons (Fsp3) is 0.600. The minimum Gasteiger partial charge on any atom is -0.489 e. The zero-order valence-electron chi connectivity index (χ0n) is 12.1. The average Bonchev–Trinajstić information content (AvgIpc) is 2.48. The van der Waals surface area contributed by atoms with Crippen LogP contribution < -0.4 is 10.1 Å². The maximum atomic E-state index is 11.7. The molecule has 4 nitrogen and oxygen atoms in total. The molecule has 0 aliphatic heterocycles. The standard InChI is InChI=1S/C15H23NO3S/c1-3-20(17,18)13-10-8-12(9-11-13)19-15-7-5-4-6-14(15)16-2/h8-11,14-16H,3-7H2,1-2H3. The molecule has 1 saturated carbocycles. The fourth-order valence-corrected chi connectivity index (χ4v) is 3.52. The molecule has 20 heavy (non-hydrogen) atoms. The van der Waals surface area contributed by atoms with Crippen LogP contribution in [0.1, 0.15) is 32.6 Å². The van der Waals surface area contributed by atoms with E-state index in [4.69, 9.17) is 4.74 Å². The molecule has 0 spiro atoms. The zero-order chi connectivity index (χ0) is 14.6. The number of ether oxygens (including phenoxy) is 1. The lowest BCUT2D eigenvalue weighted by atomic mass is 9.92. The molecular weight excluding hydrogens is 274 g/mol. The molecule has 1 fully saturated rings. The molecule has 112 valence electrons. The third kappa shape index (κ3) is 3.52. The van der Waals surface area contributed by atoms with Crippen molar-refractivity contribution in [2.45, 2.75) is 49.6 Å². The van der Waals surface area contributed by atoms with Crippen LogP contribution in [0.15, 0.2) is 29.2 Å². The van der Waals surface area contributed by atoms with E-state index < -0.39 is 9.84 Å². The Balaban J connectivity index is 2.07. The van der Waals surface area contributed by atoms with Gasteiger partial charge in [-0.25, -0.2) is 8.42 Å². The third-order valence-corrected chi connectivity index (χ3v) is 5.67. The highest BCUT2D eigenvalue weighted by Crippen LogP contribution is 2.25. The number of nitrogens with one attached hydrogen (secondary N) is 1. The topological polar surface area (TPSA) is 55.4 Å². The van der Waals surface area contributed by atoms with Gasteiger partial charge in [0.05, 0.1) is 10.6 Å². The Labute approximate surface area is 121 Å². The summed E-state index contributed by atoms with van der Waals surface area (Å²) in [5.74, 6) is 0.865. The number of benzene rings is 1. The number of likely N-dealkylation sites (N-methyl/N-ethyl adjacent to an activating group) is 1. The van der Waals surface area contributed by atoms with Crippen molar-refractivity contribution >= 4 is 9.84 Å². The van der Waals surface area contributed by atoms with E-state index in [0.717, 1.165) is 18.6 Å². The van der Waals surface area contributed by atoms with Crippen LogP contribution in [0, 0.1) is 0 Å². The van der Waals surface area contributed by atoms with Gasteiger partial charge in [-0.05, 0) is 50.6 Å². The van der Waals surface area contributed by atoms with Gasteiger partial charge in [-0.1, -0.05) is 13.3 Å². The van der Waals surface area contributed by atoms with Gasteiger partial charge in [-0.2, -0.15) is 0 Å². The monoisotopic (exact) mass is 297 g/mol. The summed E-state index contributed by atoms with van der Waals surface area (Å²) in [5, 5.41) is 3.30. The summed E-state index contributed by atoms with van der Waals surface area (Å²) >= 11 is 0. The Hall–Kier alpha value is -1.07. The maximum absolute atomic E-state index is 11.7. The van der Waals surface area contributed by atoms with Crippen molar-refractivity contribution in [3.05, 3.63) is 24.3 Å². The van der Waals surface area contributed by atoms with E-state index in [1.807, 2.05) is 7.05 Å². The molecule has 2 rings (SSSR count). The quantitative estimate of drug-likeness (QED) is 0.906. The predicted octanol–water partition coefficient (Wildman–Crippen LogP) is 2.39. The second kappa shape index (κ2) is 6.59. The molecule has 0 radical (unpaired) electrons. The first kappa shape index (κ1) is 15.3. The van der Waals surface area contributed by atoms with Crippen molar-refractivity contribution in [3.8, 4) is 5.75 Å². The summed E-state index contributed by atoms with van der Waals surface area (Å²) in [5.41, 5.74) is 0. The molecule has 0 bridgehead atoms. The van der Waals surface area contributed by atoms with Crippen molar-refractivity contribution in [2.24, 2.45) is 0 Å². The molecule has 0 amide bonds. The molecule has 5 heteroatoms. The van der Waals surface area contributed by atoms with Gasteiger partial charge in [0.25, 0.3) is 0 Å². The molecule has 1 aliphatic carbocycles. The van der Waals surface area contributed by atoms with Gasteiger partial charge in [0, 0.05) is 6.04 Å². The average molecular weight is 297 g/mol. The molecule has 1 aromatic carbocycles. The first-order chi connectivity index (χ1) is 9.56. The van der Waals surface area contributed by atoms with Crippen LogP contribution >= 0.6 is 0 Å². The Kier molecular flexibility index (Phi) is 5.05. The van der Waals surface area contributed by atoms with E-state index in [1.165, 1.54) is 12.8 Å². The van der Waals surface area contributed by atoms with Gasteiger partial charge in [0.2, 0.25) is 0 Å². The minimum atomic E-state index is -3.13. The van der Waals surface area contributed by atoms with Gasteiger partial charge in [-0.15, -0.1) is 0 Å². The minimum absolute atomic E-state index is 0.123. The fourth-order valence-electron chi connectivity index (χ4n) is 2.64. The van der Waals surface area contributed by atoms with Crippen molar-refractivity contribution in [1.82, 2.24) is 5.32 Å². The SMILES string of the molecule is CCS(=O)(=O)c1ccc(OC2CCCCC2NC)cc1. The van der Waals surface area contributed by atoms with Gasteiger partial charge in [0.15, 0.2) is 9.84 Å². The van der Waals surface area contributed by atoms with E-state index in [9.17, 15) is 8.42 Å². The number of rotatable bonds is 5. The normalized spacial score (nSPS) is 23.5. The molecule has 2 atom stereocenters. The predicted molar refractivity (Wildman–Crippen MR) is 79.9 cm³/mol. The van der Waals surface area contributed by atoms with Crippen LogP contribution in [0.2, 0.25) is 0 Å². The van der Waals surface area contributed by atoms with Crippen molar-refractivity contribution in [1.29, 1.82) is 0 Å². The second-order valence-electron chi connectivity index (χ2n) is 5.21. The van der Waals surface area contributed by atoms with Crippen LogP contribution in [0.4, 0.5) is 0 Å². The summed E-state index contributed by atoms with van der Waals surface area (Å²) in [4.78, 5) is 0.362. The summed E-state index contributed by atoms with van der Waals surface area (Å²) in [6.45, 7) is 1.65. The first-order valence-corrected chi connectivity index (χ1v) is 8.89. The van der Waals surface area contributed by atoms with Crippen LogP contribution in [0.3, 0.4) is 0 Å².